The van der Waals surface area contributed by atoms with Gasteiger partial charge in [-0.3, -0.25) is 9.59 Å². The number of unbranched alkanes of at least 4 members (excludes halogenated alkanes) is 18. The van der Waals surface area contributed by atoms with E-state index in [1.165, 1.54) is 51.4 Å². The number of carboxylic acid groups (broad SMARTS) is 4. The number of aliphatic carboxylic acids is 4. The summed E-state index contributed by atoms with van der Waals surface area (Å²) in [6, 6.07) is 0. The summed E-state index contributed by atoms with van der Waals surface area (Å²) in [6.07, 6.45) is 16.9. The number of carbonyl (C=O) groups is 4. The molecule has 0 saturated heterocycles. The molecule has 234 valence electrons. The van der Waals surface area contributed by atoms with Gasteiger partial charge in [-0.05, 0) is 19.3 Å². The topological polar surface area (TPSA) is 155 Å². The molecule has 10 heteroatoms. The molecule has 0 fully saturated rings. The van der Waals surface area contributed by atoms with Crippen molar-refractivity contribution in [2.75, 3.05) is 0 Å². The second-order valence-electron chi connectivity index (χ2n) is 11.7. The average molecular weight is 615 g/mol. The summed E-state index contributed by atoms with van der Waals surface area (Å²) in [5, 5.41) is 44.3. The van der Waals surface area contributed by atoms with Crippen molar-refractivity contribution in [3.63, 3.8) is 0 Å². The molecule has 0 aliphatic carbocycles. The zero-order valence-corrected chi connectivity index (χ0v) is 31.3. The van der Waals surface area contributed by atoms with Crippen LogP contribution in [0.15, 0.2) is 0 Å². The molecule has 0 heterocycles. The number of carbonyl (C=O) groups excluding carboxylic acids is 2. The molecule has 2 unspecified atom stereocenters. The van der Waals surface area contributed by atoms with Crippen molar-refractivity contribution in [3.05, 3.63) is 0 Å². The van der Waals surface area contributed by atoms with E-state index in [1.54, 1.807) is 0 Å². The molecule has 42 heavy (non-hydrogen) atoms. The third-order valence-electron chi connectivity index (χ3n) is 8.53. The second-order valence-corrected chi connectivity index (χ2v) is 11.7. The van der Waals surface area contributed by atoms with Crippen molar-refractivity contribution in [2.24, 2.45) is 10.8 Å². The van der Waals surface area contributed by atoms with E-state index in [0.717, 1.165) is 51.4 Å². The standard InChI is InChI=1S/C32H58O8.2Na/c1-3-5-7-9-11-13-15-17-19-21-23-31(29(37)38,25-27(33)34)32(30(39)40,26-28(35)36)24-22-20-18-16-14-12-10-8-6-4-2;;/h3-26H2,1-2H3,(H,33,34)(H,35,36)(H,37,38)(H,39,40);;/q;2*+1/p-2. The third-order valence-corrected chi connectivity index (χ3v) is 8.53. The van der Waals surface area contributed by atoms with Gasteiger partial charge in [0.2, 0.25) is 0 Å². The van der Waals surface area contributed by atoms with Crippen molar-refractivity contribution >= 4 is 23.9 Å². The molecule has 0 aromatic rings. The van der Waals surface area contributed by atoms with Gasteiger partial charge in [0.25, 0.3) is 0 Å². The van der Waals surface area contributed by atoms with Gasteiger partial charge in [-0.1, -0.05) is 142 Å². The van der Waals surface area contributed by atoms with Gasteiger partial charge in [-0.15, -0.1) is 0 Å². The SMILES string of the molecule is CCCCCCCCCCCCC(CC(=O)[O-])(C(=O)[O-])C(CCCCCCCCCCCC)(CC(=O)O)C(=O)O.[Na+].[Na+]. The van der Waals surface area contributed by atoms with Crippen molar-refractivity contribution in [3.8, 4) is 0 Å². The molecule has 0 spiro atoms. The molecule has 0 aromatic carbocycles. The fourth-order valence-corrected chi connectivity index (χ4v) is 6.08. The van der Waals surface area contributed by atoms with Crippen LogP contribution in [0, 0.1) is 10.8 Å². The Hall–Kier alpha value is -0.120. The number of rotatable bonds is 29. The molecule has 0 radical (unpaired) electrons. The molecular formula is C32H56Na2O8. The van der Waals surface area contributed by atoms with Gasteiger partial charge in [0.1, 0.15) is 0 Å². The van der Waals surface area contributed by atoms with Crippen LogP contribution in [0.25, 0.3) is 0 Å². The van der Waals surface area contributed by atoms with Gasteiger partial charge >= 0.3 is 71.1 Å². The van der Waals surface area contributed by atoms with E-state index in [-0.39, 0.29) is 78.4 Å². The molecule has 0 aliphatic rings. The summed E-state index contributed by atoms with van der Waals surface area (Å²) in [4.78, 5) is 48.9. The Kier molecular flexibility index (Phi) is 31.3. The first-order valence-electron chi connectivity index (χ1n) is 16.0. The van der Waals surface area contributed by atoms with E-state index in [2.05, 4.69) is 13.8 Å². The van der Waals surface area contributed by atoms with Gasteiger partial charge in [0.15, 0.2) is 0 Å². The normalized spacial score (nSPS) is 13.7. The summed E-state index contributed by atoms with van der Waals surface area (Å²) in [7, 11) is 0. The van der Waals surface area contributed by atoms with Gasteiger partial charge in [-0.2, -0.15) is 0 Å². The first-order valence-corrected chi connectivity index (χ1v) is 16.0. The van der Waals surface area contributed by atoms with Crippen LogP contribution in [0.4, 0.5) is 0 Å². The van der Waals surface area contributed by atoms with E-state index < -0.39 is 47.5 Å². The minimum Gasteiger partial charge on any atom is -0.550 e. The minimum absolute atomic E-state index is 0. The zero-order valence-electron chi connectivity index (χ0n) is 27.3. The Morgan fingerprint density at radius 3 is 1.07 bits per heavy atom. The van der Waals surface area contributed by atoms with E-state index in [9.17, 15) is 39.6 Å². The smallest absolute Gasteiger partial charge is 0.550 e. The van der Waals surface area contributed by atoms with E-state index in [1.807, 2.05) is 0 Å². The first kappa shape index (κ1) is 46.3. The molecule has 0 aromatic heterocycles. The molecule has 0 aliphatic heterocycles. The maximum Gasteiger partial charge on any atom is 1.00 e. The first-order chi connectivity index (χ1) is 19.1. The second kappa shape index (κ2) is 28.4. The van der Waals surface area contributed by atoms with E-state index in [4.69, 9.17) is 0 Å². The maximum absolute atomic E-state index is 12.7. The zero-order chi connectivity index (χ0) is 30.3. The minimum atomic E-state index is -2.37. The number of hydrogen-bond acceptors (Lipinski definition) is 6. The van der Waals surface area contributed by atoms with Crippen LogP contribution < -0.4 is 69.3 Å². The van der Waals surface area contributed by atoms with Crippen LogP contribution in [0.3, 0.4) is 0 Å². The van der Waals surface area contributed by atoms with Crippen LogP contribution in [-0.2, 0) is 19.2 Å². The molecular weight excluding hydrogens is 558 g/mol. The Morgan fingerprint density at radius 1 is 0.500 bits per heavy atom. The molecule has 0 rings (SSSR count). The Balaban J connectivity index is -0.00000760. The summed E-state index contributed by atoms with van der Waals surface area (Å²) < 4.78 is 0. The monoisotopic (exact) mass is 614 g/mol. The van der Waals surface area contributed by atoms with E-state index in [0.29, 0.717) is 19.3 Å². The van der Waals surface area contributed by atoms with Gasteiger partial charge in [0.05, 0.1) is 11.8 Å². The van der Waals surface area contributed by atoms with Crippen molar-refractivity contribution in [2.45, 2.75) is 168 Å². The molecule has 0 bridgehead atoms. The molecule has 8 nitrogen and oxygen atoms in total. The molecule has 0 amide bonds. The van der Waals surface area contributed by atoms with Crippen LogP contribution in [0.2, 0.25) is 0 Å². The Morgan fingerprint density at radius 2 is 0.810 bits per heavy atom. The molecule has 2 N–H and O–H groups in total. The van der Waals surface area contributed by atoms with Crippen molar-refractivity contribution in [1.82, 2.24) is 0 Å². The average Bonchev–Trinajstić information content (AvgIpc) is 2.88. The molecule has 0 saturated carbocycles. The van der Waals surface area contributed by atoms with Crippen molar-refractivity contribution in [1.29, 1.82) is 0 Å². The van der Waals surface area contributed by atoms with Crippen LogP contribution in [0.5, 0.6) is 0 Å². The van der Waals surface area contributed by atoms with Crippen molar-refractivity contribution < 1.29 is 98.7 Å². The van der Waals surface area contributed by atoms with Gasteiger partial charge in [0, 0.05) is 17.4 Å². The maximum atomic E-state index is 12.7. The molecule has 2 atom stereocenters. The number of hydrogen-bond donors (Lipinski definition) is 2. The predicted octanol–water partition coefficient (Wildman–Crippen LogP) is 0.0384. The quantitative estimate of drug-likeness (QED) is 0.0884. The largest absolute Gasteiger partial charge is 1.00 e. The number of carboxylic acids is 4. The fourth-order valence-electron chi connectivity index (χ4n) is 6.08. The summed E-state index contributed by atoms with van der Waals surface area (Å²) in [5.41, 5.74) is -4.66. The summed E-state index contributed by atoms with van der Waals surface area (Å²) in [6.45, 7) is 4.33. The Labute approximate surface area is 299 Å². The van der Waals surface area contributed by atoms with Crippen LogP contribution in [-0.4, -0.2) is 34.1 Å². The van der Waals surface area contributed by atoms with Gasteiger partial charge in [-0.25, -0.2) is 0 Å². The summed E-state index contributed by atoms with van der Waals surface area (Å²) in [5.74, 6) is -6.59. The summed E-state index contributed by atoms with van der Waals surface area (Å²) >= 11 is 0. The third kappa shape index (κ3) is 18.6. The van der Waals surface area contributed by atoms with Crippen LogP contribution >= 0.6 is 0 Å². The van der Waals surface area contributed by atoms with E-state index >= 15 is 0 Å². The van der Waals surface area contributed by atoms with Crippen LogP contribution in [0.1, 0.15) is 168 Å². The van der Waals surface area contributed by atoms with Gasteiger partial charge < -0.3 is 30.0 Å². The Bertz CT molecular complexity index is 673. The predicted molar refractivity (Wildman–Crippen MR) is 152 cm³/mol. The fraction of sp³-hybridized carbons (Fsp3) is 0.875.